The SMILES string of the molecule is CCC(CCC[Si](C)(C)O[Si](C)(C)C)COC(=O)C(C)CC.CCCCC(CC)COC(=O)C(C)CC.CCOCCOCCOC(=O)C(C)CC. The maximum atomic E-state index is 11.8. The van der Waals surface area contributed by atoms with Crippen LogP contribution in [-0.2, 0) is 42.2 Å². The molecule has 312 valence electrons. The fourth-order valence-corrected chi connectivity index (χ4v) is 13.0. The van der Waals surface area contributed by atoms with E-state index in [2.05, 4.69) is 53.5 Å². The highest BCUT2D eigenvalue weighted by molar-refractivity contribution is 6.84. The summed E-state index contributed by atoms with van der Waals surface area (Å²) >= 11 is 0. The van der Waals surface area contributed by atoms with Crippen LogP contribution in [0.2, 0.25) is 38.8 Å². The molecule has 0 saturated carbocycles. The molecule has 0 spiro atoms. The number of hydrogen-bond donors (Lipinski definition) is 0. The predicted octanol–water partition coefficient (Wildman–Crippen LogP) is 10.9. The van der Waals surface area contributed by atoms with E-state index in [-0.39, 0.29) is 35.7 Å². The molecule has 0 saturated heterocycles. The number of esters is 3. The van der Waals surface area contributed by atoms with Crippen molar-refractivity contribution in [1.29, 1.82) is 0 Å². The zero-order chi connectivity index (χ0) is 40.6. The van der Waals surface area contributed by atoms with E-state index in [0.29, 0.717) is 58.1 Å². The maximum absolute atomic E-state index is 11.8. The Bertz CT molecular complexity index is 864. The first-order chi connectivity index (χ1) is 24.4. The first kappa shape index (κ1) is 55.1. The molecule has 0 aliphatic carbocycles. The van der Waals surface area contributed by atoms with E-state index in [4.69, 9.17) is 27.8 Å². The van der Waals surface area contributed by atoms with Crippen molar-refractivity contribution in [3.05, 3.63) is 0 Å². The third kappa shape index (κ3) is 34.5. The number of hydrogen-bond acceptors (Lipinski definition) is 9. The molecule has 0 amide bonds. The third-order valence-electron chi connectivity index (χ3n) is 9.11. The second kappa shape index (κ2) is 34.2. The van der Waals surface area contributed by atoms with Crippen molar-refractivity contribution in [2.45, 2.75) is 172 Å². The monoisotopic (exact) mass is 779 g/mol. The summed E-state index contributed by atoms with van der Waals surface area (Å²) in [6.07, 6.45) is 10.7. The lowest BCUT2D eigenvalue weighted by molar-refractivity contribution is -0.150. The lowest BCUT2D eigenvalue weighted by atomic mass is 10.0. The van der Waals surface area contributed by atoms with Gasteiger partial charge in [-0.3, -0.25) is 14.4 Å². The molecule has 9 nitrogen and oxygen atoms in total. The van der Waals surface area contributed by atoms with E-state index in [1.54, 1.807) is 0 Å². The van der Waals surface area contributed by atoms with Gasteiger partial charge in [-0.2, -0.15) is 0 Å². The Labute approximate surface area is 324 Å². The van der Waals surface area contributed by atoms with Crippen LogP contribution in [0.5, 0.6) is 0 Å². The van der Waals surface area contributed by atoms with Gasteiger partial charge < -0.3 is 27.8 Å². The van der Waals surface area contributed by atoms with Crippen LogP contribution in [0.1, 0.15) is 133 Å². The second-order valence-electron chi connectivity index (χ2n) is 15.7. The Morgan fingerprint density at radius 1 is 0.519 bits per heavy atom. The Hall–Kier alpha value is -1.28. The van der Waals surface area contributed by atoms with Gasteiger partial charge in [0.15, 0.2) is 16.6 Å². The van der Waals surface area contributed by atoms with Gasteiger partial charge in [0.1, 0.15) is 6.61 Å². The summed E-state index contributed by atoms with van der Waals surface area (Å²) in [6.45, 7) is 35.5. The van der Waals surface area contributed by atoms with Crippen molar-refractivity contribution in [2.24, 2.45) is 29.6 Å². The average Bonchev–Trinajstić information content (AvgIpc) is 3.10. The fourth-order valence-electron chi connectivity index (χ4n) is 4.89. The molecule has 0 fully saturated rings. The van der Waals surface area contributed by atoms with Crippen molar-refractivity contribution in [2.75, 3.05) is 46.2 Å². The van der Waals surface area contributed by atoms with Gasteiger partial charge in [-0.05, 0) is 89.6 Å². The van der Waals surface area contributed by atoms with Crippen LogP contribution in [-0.4, -0.2) is 80.8 Å². The number of rotatable bonds is 28. The normalized spacial score (nSPS) is 14.4. The largest absolute Gasteiger partial charge is 0.465 e. The van der Waals surface area contributed by atoms with E-state index in [0.717, 1.165) is 38.5 Å². The molecule has 0 N–H and O–H groups in total. The summed E-state index contributed by atoms with van der Waals surface area (Å²) in [5.74, 6) is 0.870. The first-order valence-electron chi connectivity index (χ1n) is 20.7. The lowest BCUT2D eigenvalue weighted by Gasteiger charge is -2.32. The van der Waals surface area contributed by atoms with Crippen LogP contribution in [0.4, 0.5) is 0 Å². The standard InChI is InChI=1S/C17H38O3Si2.C13H26O2.C11H22O4/c1-9-15(3)17(18)19-14-16(10-2)12-11-13-22(7,8)20-21(4,5)6;1-5-8-9-12(7-3)10-15-13(14)11(4)6-2;1-4-10(3)11(12)15-9-8-14-7-6-13-5-2/h15-16H,9-14H2,1-8H3;11-12H,5-10H2,1-4H3;10H,4-9H2,1-3H3. The molecule has 0 heterocycles. The predicted molar refractivity (Wildman–Crippen MR) is 222 cm³/mol. The van der Waals surface area contributed by atoms with Crippen LogP contribution in [0.3, 0.4) is 0 Å². The molecule has 0 aliphatic rings. The zero-order valence-electron chi connectivity index (χ0n) is 36.8. The molecule has 0 bridgehead atoms. The Morgan fingerprint density at radius 2 is 0.923 bits per heavy atom. The molecule has 5 unspecified atom stereocenters. The maximum Gasteiger partial charge on any atom is 0.308 e. The minimum atomic E-state index is -1.53. The van der Waals surface area contributed by atoms with Crippen molar-refractivity contribution in [3.63, 3.8) is 0 Å². The van der Waals surface area contributed by atoms with Crippen molar-refractivity contribution in [3.8, 4) is 0 Å². The topological polar surface area (TPSA) is 107 Å². The molecule has 0 aromatic heterocycles. The van der Waals surface area contributed by atoms with Crippen LogP contribution >= 0.6 is 0 Å². The van der Waals surface area contributed by atoms with Gasteiger partial charge in [0, 0.05) is 6.61 Å². The Morgan fingerprint density at radius 3 is 1.31 bits per heavy atom. The molecule has 0 aromatic rings. The highest BCUT2D eigenvalue weighted by Gasteiger charge is 2.29. The molecule has 52 heavy (non-hydrogen) atoms. The molecule has 11 heteroatoms. The quantitative estimate of drug-likeness (QED) is 0.0332. The first-order valence-corrected chi connectivity index (χ1v) is 27.3. The summed E-state index contributed by atoms with van der Waals surface area (Å²) < 4.78 is 32.4. The molecule has 0 aliphatic heterocycles. The van der Waals surface area contributed by atoms with Crippen molar-refractivity contribution >= 4 is 34.5 Å². The summed E-state index contributed by atoms with van der Waals surface area (Å²) in [6, 6.07) is 1.20. The summed E-state index contributed by atoms with van der Waals surface area (Å²) in [7, 11) is -2.97. The Balaban J connectivity index is -0.000000714. The fraction of sp³-hybridized carbons (Fsp3) is 0.927. The van der Waals surface area contributed by atoms with Crippen LogP contribution in [0.25, 0.3) is 0 Å². The number of unbranched alkanes of at least 4 members (excludes halogenated alkanes) is 1. The van der Waals surface area contributed by atoms with Gasteiger partial charge in [0.05, 0.1) is 50.8 Å². The molecule has 0 radical (unpaired) electrons. The number of carbonyl (C=O) groups excluding carboxylic acids is 3. The van der Waals surface area contributed by atoms with Crippen molar-refractivity contribution < 1.29 is 42.2 Å². The number of ether oxygens (including phenoxy) is 5. The lowest BCUT2D eigenvalue weighted by Crippen LogP contribution is -2.42. The molecule has 0 rings (SSSR count). The summed E-state index contributed by atoms with van der Waals surface area (Å²) in [5, 5.41) is 0. The van der Waals surface area contributed by atoms with Gasteiger partial charge in [0.2, 0.25) is 0 Å². The van der Waals surface area contributed by atoms with Gasteiger partial charge in [-0.1, -0.05) is 94.4 Å². The molecule has 5 atom stereocenters. The molecular weight excluding hydrogens is 693 g/mol. The second-order valence-corrected chi connectivity index (χ2v) is 24.8. The minimum absolute atomic E-state index is 0.0200. The van der Waals surface area contributed by atoms with Crippen molar-refractivity contribution in [1.82, 2.24) is 0 Å². The van der Waals surface area contributed by atoms with E-state index in [1.165, 1.54) is 31.7 Å². The molecule has 0 aromatic carbocycles. The van der Waals surface area contributed by atoms with Crippen LogP contribution < -0.4 is 0 Å². The van der Waals surface area contributed by atoms with E-state index in [1.807, 2.05) is 48.5 Å². The van der Waals surface area contributed by atoms with E-state index < -0.39 is 16.6 Å². The van der Waals surface area contributed by atoms with Gasteiger partial charge in [-0.15, -0.1) is 0 Å². The third-order valence-corrected chi connectivity index (χ3v) is 15.3. The highest BCUT2D eigenvalue weighted by Crippen LogP contribution is 2.23. The smallest absolute Gasteiger partial charge is 0.308 e. The Kier molecular flexibility index (Phi) is 36.2. The summed E-state index contributed by atoms with van der Waals surface area (Å²) in [4.78, 5) is 34.4. The van der Waals surface area contributed by atoms with Gasteiger partial charge in [0.25, 0.3) is 0 Å². The van der Waals surface area contributed by atoms with Gasteiger partial charge >= 0.3 is 17.9 Å². The molecular formula is C41H86O9Si2. The number of carbonyl (C=O) groups is 3. The van der Waals surface area contributed by atoms with E-state index in [9.17, 15) is 14.4 Å². The van der Waals surface area contributed by atoms with Crippen LogP contribution in [0, 0.1) is 29.6 Å². The average molecular weight is 779 g/mol. The minimum Gasteiger partial charge on any atom is -0.465 e. The van der Waals surface area contributed by atoms with Crippen LogP contribution in [0.15, 0.2) is 0 Å². The van der Waals surface area contributed by atoms with Gasteiger partial charge in [-0.25, -0.2) is 0 Å². The highest BCUT2D eigenvalue weighted by atomic mass is 28.4. The van der Waals surface area contributed by atoms with E-state index >= 15 is 0 Å². The zero-order valence-corrected chi connectivity index (χ0v) is 38.8. The summed E-state index contributed by atoms with van der Waals surface area (Å²) in [5.41, 5.74) is 0.